The van der Waals surface area contributed by atoms with Crippen molar-refractivity contribution in [2.75, 3.05) is 0 Å². The van der Waals surface area contributed by atoms with Crippen LogP contribution in [0.5, 0.6) is 0 Å². The van der Waals surface area contributed by atoms with Crippen LogP contribution in [0.15, 0.2) is 30.3 Å². The summed E-state index contributed by atoms with van der Waals surface area (Å²) in [5, 5.41) is 0. The molecule has 0 atom stereocenters. The van der Waals surface area contributed by atoms with Gasteiger partial charge in [0.15, 0.2) is 0 Å². The smallest absolute Gasteiger partial charge is 0.00119 e. The van der Waals surface area contributed by atoms with E-state index in [1.54, 1.807) is 5.56 Å². The Labute approximate surface area is 144 Å². The highest BCUT2D eigenvalue weighted by Gasteiger charge is 2.46. The first-order valence-electron chi connectivity index (χ1n) is 10.3. The summed E-state index contributed by atoms with van der Waals surface area (Å²) in [7, 11) is 0. The van der Waals surface area contributed by atoms with Crippen LogP contribution in [0.3, 0.4) is 0 Å². The van der Waals surface area contributed by atoms with Crippen LogP contribution in [0, 0.1) is 17.8 Å². The van der Waals surface area contributed by atoms with Crippen LogP contribution < -0.4 is 0 Å². The summed E-state index contributed by atoms with van der Waals surface area (Å²) in [6, 6.07) is 11.7. The number of hydrogen-bond donors (Lipinski definition) is 0. The van der Waals surface area contributed by atoms with Crippen LogP contribution in [-0.4, -0.2) is 0 Å². The van der Waals surface area contributed by atoms with Gasteiger partial charge in [0, 0.05) is 5.41 Å². The Bertz CT molecular complexity index is 428. The number of benzene rings is 1. The molecule has 23 heavy (non-hydrogen) atoms. The maximum absolute atomic E-state index is 2.46. The van der Waals surface area contributed by atoms with E-state index >= 15 is 0 Å². The predicted molar refractivity (Wildman–Crippen MR) is 101 cm³/mol. The number of hydrogen-bond acceptors (Lipinski definition) is 0. The lowest BCUT2D eigenvalue weighted by Gasteiger charge is -2.51. The van der Waals surface area contributed by atoms with Crippen molar-refractivity contribution in [3.8, 4) is 0 Å². The molecule has 0 heterocycles. The molecule has 128 valence electrons. The fourth-order valence-electron chi connectivity index (χ4n) is 5.92. The Morgan fingerprint density at radius 3 is 1.70 bits per heavy atom. The molecule has 0 bridgehead atoms. The summed E-state index contributed by atoms with van der Waals surface area (Å²) in [5.74, 6) is 2.63. The van der Waals surface area contributed by atoms with Gasteiger partial charge in [-0.05, 0) is 55.4 Å². The highest BCUT2D eigenvalue weighted by molar-refractivity contribution is 5.28. The van der Waals surface area contributed by atoms with Gasteiger partial charge < -0.3 is 0 Å². The molecule has 0 heteroatoms. The van der Waals surface area contributed by atoms with Gasteiger partial charge in [-0.25, -0.2) is 0 Å². The fraction of sp³-hybridized carbons (Fsp3) is 0.739. The molecule has 0 N–H and O–H groups in total. The second kappa shape index (κ2) is 7.86. The zero-order chi connectivity index (χ0) is 16.1. The van der Waals surface area contributed by atoms with Crippen molar-refractivity contribution in [1.29, 1.82) is 0 Å². The first kappa shape index (κ1) is 17.1. The Hall–Kier alpha value is -0.780. The van der Waals surface area contributed by atoms with E-state index in [2.05, 4.69) is 44.2 Å². The lowest BCUT2D eigenvalue weighted by Crippen LogP contribution is -2.45. The van der Waals surface area contributed by atoms with Gasteiger partial charge in [0.25, 0.3) is 0 Å². The monoisotopic (exact) mass is 312 g/mol. The summed E-state index contributed by atoms with van der Waals surface area (Å²) in [6.07, 6.45) is 16.1. The lowest BCUT2D eigenvalue weighted by atomic mass is 9.53. The van der Waals surface area contributed by atoms with Crippen LogP contribution in [0.1, 0.15) is 90.0 Å². The molecule has 0 radical (unpaired) electrons. The Kier molecular flexibility index (Phi) is 5.83. The van der Waals surface area contributed by atoms with Gasteiger partial charge in [0.1, 0.15) is 0 Å². The molecular formula is C23H36. The molecule has 0 nitrogen and oxygen atoms in total. The van der Waals surface area contributed by atoms with Crippen LogP contribution >= 0.6 is 0 Å². The summed E-state index contributed by atoms with van der Waals surface area (Å²) in [6.45, 7) is 4.90. The Morgan fingerprint density at radius 2 is 1.26 bits per heavy atom. The average Bonchev–Trinajstić information content (AvgIpc) is 2.62. The third kappa shape index (κ3) is 3.67. The van der Waals surface area contributed by atoms with Crippen LogP contribution in [0.25, 0.3) is 0 Å². The maximum Gasteiger partial charge on any atom is 0.00119 e. The maximum atomic E-state index is 2.46. The van der Waals surface area contributed by atoms with Crippen molar-refractivity contribution in [3.05, 3.63) is 35.9 Å². The molecule has 1 aromatic carbocycles. The van der Waals surface area contributed by atoms with Gasteiger partial charge in [-0.2, -0.15) is 0 Å². The third-order valence-corrected chi connectivity index (χ3v) is 6.72. The minimum Gasteiger partial charge on any atom is -0.0627 e. The molecule has 0 aliphatic heterocycles. The predicted octanol–water partition coefficient (Wildman–Crippen LogP) is 7.13. The molecular weight excluding hydrogens is 276 g/mol. The molecule has 0 unspecified atom stereocenters. The van der Waals surface area contributed by atoms with Crippen LogP contribution in [-0.2, 0) is 5.41 Å². The van der Waals surface area contributed by atoms with Crippen LogP contribution in [0.4, 0.5) is 0 Å². The van der Waals surface area contributed by atoms with Crippen molar-refractivity contribution < 1.29 is 0 Å². The average molecular weight is 313 g/mol. The molecule has 2 aliphatic carbocycles. The Balaban J connectivity index is 2.03. The van der Waals surface area contributed by atoms with E-state index in [0.29, 0.717) is 5.41 Å². The van der Waals surface area contributed by atoms with E-state index in [4.69, 9.17) is 0 Å². The third-order valence-electron chi connectivity index (χ3n) is 6.72. The zero-order valence-electron chi connectivity index (χ0n) is 15.4. The summed E-state index contributed by atoms with van der Waals surface area (Å²) < 4.78 is 0. The largest absolute Gasteiger partial charge is 0.0627 e. The molecule has 0 aromatic heterocycles. The highest BCUT2D eigenvalue weighted by Crippen LogP contribution is 2.53. The molecule has 2 fully saturated rings. The zero-order valence-corrected chi connectivity index (χ0v) is 15.4. The van der Waals surface area contributed by atoms with E-state index in [-0.39, 0.29) is 0 Å². The molecule has 1 aromatic rings. The second-order valence-corrected chi connectivity index (χ2v) is 8.67. The Morgan fingerprint density at radius 1 is 0.783 bits per heavy atom. The van der Waals surface area contributed by atoms with Gasteiger partial charge in [0.2, 0.25) is 0 Å². The molecule has 0 saturated heterocycles. The highest BCUT2D eigenvalue weighted by atomic mass is 14.5. The van der Waals surface area contributed by atoms with E-state index in [0.717, 1.165) is 17.8 Å². The van der Waals surface area contributed by atoms with E-state index in [1.807, 2.05) is 0 Å². The first-order valence-corrected chi connectivity index (χ1v) is 10.3. The standard InChI is InChI=1S/C23H36/c1-19(2)18-23(20-12-6-3-7-13-20,21-14-8-4-9-15-21)22-16-10-5-11-17-22/h3,6-7,12-13,19,21-22H,4-5,8-11,14-18H2,1-2H3. The molecule has 0 spiro atoms. The van der Waals surface area contributed by atoms with Crippen molar-refractivity contribution in [1.82, 2.24) is 0 Å². The minimum atomic E-state index is 0.455. The molecule has 2 saturated carbocycles. The van der Waals surface area contributed by atoms with E-state index < -0.39 is 0 Å². The fourth-order valence-corrected chi connectivity index (χ4v) is 5.92. The normalized spacial score (nSPS) is 21.7. The lowest BCUT2D eigenvalue weighted by molar-refractivity contribution is 0.0774. The minimum absolute atomic E-state index is 0.455. The summed E-state index contributed by atoms with van der Waals surface area (Å²) in [4.78, 5) is 0. The van der Waals surface area contributed by atoms with Crippen molar-refractivity contribution in [3.63, 3.8) is 0 Å². The van der Waals surface area contributed by atoms with Crippen molar-refractivity contribution in [2.45, 2.75) is 89.9 Å². The second-order valence-electron chi connectivity index (χ2n) is 8.67. The molecule has 3 rings (SSSR count). The summed E-state index contributed by atoms with van der Waals surface area (Å²) >= 11 is 0. The van der Waals surface area contributed by atoms with Gasteiger partial charge in [-0.15, -0.1) is 0 Å². The topological polar surface area (TPSA) is 0 Å². The molecule has 0 amide bonds. The van der Waals surface area contributed by atoms with E-state index in [1.165, 1.54) is 70.6 Å². The van der Waals surface area contributed by atoms with Gasteiger partial charge in [-0.3, -0.25) is 0 Å². The van der Waals surface area contributed by atoms with Gasteiger partial charge in [-0.1, -0.05) is 82.7 Å². The molecule has 2 aliphatic rings. The van der Waals surface area contributed by atoms with Gasteiger partial charge in [0.05, 0.1) is 0 Å². The quantitative estimate of drug-likeness (QED) is 0.542. The number of rotatable bonds is 5. The van der Waals surface area contributed by atoms with Crippen LogP contribution in [0.2, 0.25) is 0 Å². The SMILES string of the molecule is CC(C)CC(c1ccccc1)(C1CCCCC1)C1CCCCC1. The van der Waals surface area contributed by atoms with E-state index in [9.17, 15) is 0 Å². The first-order chi connectivity index (χ1) is 11.2. The van der Waals surface area contributed by atoms with Crippen molar-refractivity contribution >= 4 is 0 Å². The van der Waals surface area contributed by atoms with Gasteiger partial charge >= 0.3 is 0 Å². The summed E-state index contributed by atoms with van der Waals surface area (Å²) in [5.41, 5.74) is 2.13. The van der Waals surface area contributed by atoms with Crippen molar-refractivity contribution in [2.24, 2.45) is 17.8 Å².